The van der Waals surface area contributed by atoms with Gasteiger partial charge in [-0.1, -0.05) is 121 Å². The monoisotopic (exact) mass is 590 g/mol. The molecule has 0 saturated heterocycles. The Morgan fingerprint density at radius 1 is 0.548 bits per heavy atom. The molecule has 0 saturated carbocycles. The van der Waals surface area contributed by atoms with Crippen LogP contribution in [0.25, 0.3) is 0 Å². The molecule has 5 heteroatoms. The van der Waals surface area contributed by atoms with E-state index in [0.29, 0.717) is 12.8 Å². The molecule has 42 heavy (non-hydrogen) atoms. The number of esters is 2. The van der Waals surface area contributed by atoms with E-state index in [0.717, 1.165) is 57.8 Å². The van der Waals surface area contributed by atoms with Crippen LogP contribution in [0.3, 0.4) is 0 Å². The van der Waals surface area contributed by atoms with E-state index in [9.17, 15) is 14.7 Å². The molecule has 0 aromatic rings. The Hall–Kier alpha value is -1.88. The number of ether oxygens (including phenoxy) is 2. The number of carbonyl (C=O) groups excluding carboxylic acids is 2. The standard InChI is InChI=1S/C37H66O5/c1-3-5-7-9-11-13-15-17-18-19-20-22-24-26-28-30-32-37(40)42-35(33-38)34-41-36(39)31-29-27-25-23-21-16-14-12-10-8-6-4-2/h12-15,18-19,35,38H,3-11,16-17,20-34H2,1-2H3/b14-12-,15-13-,19-18-. The highest BCUT2D eigenvalue weighted by molar-refractivity contribution is 5.70. The predicted octanol–water partition coefficient (Wildman–Crippen LogP) is 10.5. The summed E-state index contributed by atoms with van der Waals surface area (Å²) in [6.45, 7) is 4.06. The molecule has 0 aromatic heterocycles. The van der Waals surface area contributed by atoms with Gasteiger partial charge in [0.1, 0.15) is 6.61 Å². The van der Waals surface area contributed by atoms with Crippen LogP contribution in [0, 0.1) is 0 Å². The van der Waals surface area contributed by atoms with Crippen LogP contribution in [0.5, 0.6) is 0 Å². The maximum atomic E-state index is 12.1. The Morgan fingerprint density at radius 2 is 0.952 bits per heavy atom. The first-order valence-electron chi connectivity index (χ1n) is 17.5. The Balaban J connectivity index is 3.62. The summed E-state index contributed by atoms with van der Waals surface area (Å²) < 4.78 is 10.5. The van der Waals surface area contributed by atoms with Crippen molar-refractivity contribution in [1.29, 1.82) is 0 Å². The Bertz CT molecular complexity index is 682. The van der Waals surface area contributed by atoms with Crippen LogP contribution in [0.15, 0.2) is 36.5 Å². The normalized spacial score (nSPS) is 12.5. The third-order valence-corrected chi connectivity index (χ3v) is 7.41. The highest BCUT2D eigenvalue weighted by Gasteiger charge is 2.16. The number of aliphatic hydroxyl groups is 1. The largest absolute Gasteiger partial charge is 0.462 e. The van der Waals surface area contributed by atoms with Gasteiger partial charge in [-0.3, -0.25) is 9.59 Å². The van der Waals surface area contributed by atoms with E-state index in [1.54, 1.807) is 0 Å². The second-order valence-corrected chi connectivity index (χ2v) is 11.6. The lowest BCUT2D eigenvalue weighted by molar-refractivity contribution is -0.161. The first-order valence-corrected chi connectivity index (χ1v) is 17.5. The van der Waals surface area contributed by atoms with E-state index in [2.05, 4.69) is 50.3 Å². The molecule has 0 heterocycles. The van der Waals surface area contributed by atoms with Crippen molar-refractivity contribution in [3.8, 4) is 0 Å². The Morgan fingerprint density at radius 3 is 1.48 bits per heavy atom. The maximum Gasteiger partial charge on any atom is 0.306 e. The summed E-state index contributed by atoms with van der Waals surface area (Å²) in [4.78, 5) is 24.1. The lowest BCUT2D eigenvalue weighted by Crippen LogP contribution is -2.28. The number of unbranched alkanes of at least 4 members (excludes halogenated alkanes) is 17. The molecule has 5 nitrogen and oxygen atoms in total. The molecule has 0 bridgehead atoms. The highest BCUT2D eigenvalue weighted by Crippen LogP contribution is 2.11. The summed E-state index contributed by atoms with van der Waals surface area (Å²) >= 11 is 0. The minimum atomic E-state index is -0.779. The van der Waals surface area contributed by atoms with Crippen LogP contribution in [-0.2, 0) is 19.1 Å². The molecule has 0 fully saturated rings. The first-order chi connectivity index (χ1) is 20.6. The molecule has 244 valence electrons. The SMILES string of the molecule is CCCCC/C=C\CCCCCCCC(=O)OCC(CO)OC(=O)CCCCCCC/C=C\C/C=C\CCCCCC. The van der Waals surface area contributed by atoms with Crippen LogP contribution in [0.1, 0.15) is 168 Å². The van der Waals surface area contributed by atoms with Gasteiger partial charge in [-0.2, -0.15) is 0 Å². The summed E-state index contributed by atoms with van der Waals surface area (Å²) in [6, 6.07) is 0. The minimum Gasteiger partial charge on any atom is -0.462 e. The Labute approximate surface area is 259 Å². The minimum absolute atomic E-state index is 0.0755. The van der Waals surface area contributed by atoms with Gasteiger partial charge in [-0.05, 0) is 70.6 Å². The number of hydrogen-bond donors (Lipinski definition) is 1. The summed E-state index contributed by atoms with van der Waals surface area (Å²) in [6.07, 6.45) is 39.1. The number of rotatable bonds is 31. The van der Waals surface area contributed by atoms with Crippen molar-refractivity contribution in [3.63, 3.8) is 0 Å². The quantitative estimate of drug-likeness (QED) is 0.0494. The number of allylic oxidation sites excluding steroid dienone is 6. The molecule has 0 aliphatic rings. The van der Waals surface area contributed by atoms with Crippen LogP contribution >= 0.6 is 0 Å². The van der Waals surface area contributed by atoms with Crippen LogP contribution in [0.4, 0.5) is 0 Å². The van der Waals surface area contributed by atoms with Crippen molar-refractivity contribution in [2.45, 2.75) is 174 Å². The summed E-state index contributed by atoms with van der Waals surface area (Å²) in [5.41, 5.74) is 0. The molecular formula is C37H66O5. The molecule has 0 radical (unpaired) electrons. The third-order valence-electron chi connectivity index (χ3n) is 7.41. The van der Waals surface area contributed by atoms with E-state index < -0.39 is 6.10 Å². The molecule has 1 unspecified atom stereocenters. The van der Waals surface area contributed by atoms with Crippen LogP contribution in [-0.4, -0.2) is 36.4 Å². The molecule has 0 amide bonds. The maximum absolute atomic E-state index is 12.1. The van der Waals surface area contributed by atoms with Gasteiger partial charge in [0.15, 0.2) is 6.10 Å². The molecule has 0 rings (SSSR count). The fraction of sp³-hybridized carbons (Fsp3) is 0.784. The summed E-state index contributed by atoms with van der Waals surface area (Å²) in [7, 11) is 0. The smallest absolute Gasteiger partial charge is 0.306 e. The van der Waals surface area contributed by atoms with Crippen LogP contribution in [0.2, 0.25) is 0 Å². The second-order valence-electron chi connectivity index (χ2n) is 11.6. The van der Waals surface area contributed by atoms with E-state index >= 15 is 0 Å². The molecular weight excluding hydrogens is 524 g/mol. The third kappa shape index (κ3) is 31.1. The zero-order chi connectivity index (χ0) is 30.8. The molecule has 1 atom stereocenters. The van der Waals surface area contributed by atoms with Crippen molar-refractivity contribution in [2.75, 3.05) is 13.2 Å². The predicted molar refractivity (Wildman–Crippen MR) is 178 cm³/mol. The van der Waals surface area contributed by atoms with Gasteiger partial charge in [0, 0.05) is 12.8 Å². The summed E-state index contributed by atoms with van der Waals surface area (Å²) in [5.74, 6) is -0.620. The van der Waals surface area contributed by atoms with Gasteiger partial charge in [-0.15, -0.1) is 0 Å². The number of hydrogen-bond acceptors (Lipinski definition) is 5. The molecule has 0 aliphatic carbocycles. The highest BCUT2D eigenvalue weighted by atomic mass is 16.6. The fourth-order valence-corrected chi connectivity index (χ4v) is 4.69. The molecule has 0 aromatic carbocycles. The molecule has 1 N–H and O–H groups in total. The van der Waals surface area contributed by atoms with Gasteiger partial charge in [0.05, 0.1) is 6.61 Å². The number of carbonyl (C=O) groups is 2. The van der Waals surface area contributed by atoms with Crippen molar-refractivity contribution < 1.29 is 24.2 Å². The van der Waals surface area contributed by atoms with E-state index in [-0.39, 0.29) is 25.2 Å². The van der Waals surface area contributed by atoms with E-state index in [1.807, 2.05) is 0 Å². The van der Waals surface area contributed by atoms with Crippen molar-refractivity contribution in [2.24, 2.45) is 0 Å². The van der Waals surface area contributed by atoms with Crippen molar-refractivity contribution in [1.82, 2.24) is 0 Å². The average Bonchev–Trinajstić information content (AvgIpc) is 2.99. The van der Waals surface area contributed by atoms with Gasteiger partial charge >= 0.3 is 11.9 Å². The van der Waals surface area contributed by atoms with E-state index in [4.69, 9.17) is 9.47 Å². The lowest BCUT2D eigenvalue weighted by atomic mass is 10.1. The molecule has 0 aliphatic heterocycles. The van der Waals surface area contributed by atoms with Gasteiger partial charge in [0.2, 0.25) is 0 Å². The zero-order valence-electron chi connectivity index (χ0n) is 27.5. The number of aliphatic hydroxyl groups excluding tert-OH is 1. The van der Waals surface area contributed by atoms with Gasteiger partial charge < -0.3 is 14.6 Å². The lowest BCUT2D eigenvalue weighted by Gasteiger charge is -2.15. The van der Waals surface area contributed by atoms with E-state index in [1.165, 1.54) is 83.5 Å². The fourth-order valence-electron chi connectivity index (χ4n) is 4.69. The van der Waals surface area contributed by atoms with Crippen molar-refractivity contribution >= 4 is 11.9 Å². The second kappa shape index (κ2) is 33.6. The van der Waals surface area contributed by atoms with Gasteiger partial charge in [-0.25, -0.2) is 0 Å². The Kier molecular flexibility index (Phi) is 32.1. The first kappa shape index (κ1) is 40.1. The topological polar surface area (TPSA) is 72.8 Å². The average molecular weight is 591 g/mol. The zero-order valence-corrected chi connectivity index (χ0v) is 27.5. The molecule has 0 spiro atoms. The van der Waals surface area contributed by atoms with Crippen molar-refractivity contribution in [3.05, 3.63) is 36.5 Å². The van der Waals surface area contributed by atoms with Crippen LogP contribution < -0.4 is 0 Å². The summed E-state index contributed by atoms with van der Waals surface area (Å²) in [5, 5.41) is 9.51. The van der Waals surface area contributed by atoms with Gasteiger partial charge in [0.25, 0.3) is 0 Å².